The van der Waals surface area contributed by atoms with Crippen LogP contribution in [0.2, 0.25) is 0 Å². The summed E-state index contributed by atoms with van der Waals surface area (Å²) in [5, 5.41) is 9.42. The number of phenols is 1. The molecule has 0 spiro atoms. The van der Waals surface area contributed by atoms with Gasteiger partial charge in [0, 0.05) is 44.5 Å². The van der Waals surface area contributed by atoms with E-state index in [1.807, 2.05) is 26.0 Å². The molecule has 0 aromatic heterocycles. The van der Waals surface area contributed by atoms with Gasteiger partial charge in [0.25, 0.3) is 0 Å². The first-order valence-electron chi connectivity index (χ1n) is 9.59. The van der Waals surface area contributed by atoms with Crippen LogP contribution in [-0.4, -0.2) is 85.5 Å². The maximum atomic E-state index is 13.0. The second-order valence-corrected chi connectivity index (χ2v) is 9.63. The highest BCUT2D eigenvalue weighted by Crippen LogP contribution is 2.22. The predicted molar refractivity (Wildman–Crippen MR) is 106 cm³/mol. The summed E-state index contributed by atoms with van der Waals surface area (Å²) in [4.78, 5) is 19.2. The number of hydrogen-bond donors (Lipinski definition) is 1. The molecule has 2 aliphatic heterocycles. The Morgan fingerprint density at radius 3 is 2.37 bits per heavy atom. The van der Waals surface area contributed by atoms with Crippen LogP contribution >= 0.6 is 0 Å². The molecule has 1 aromatic rings. The van der Waals surface area contributed by atoms with E-state index in [9.17, 15) is 18.3 Å². The lowest BCUT2D eigenvalue weighted by Crippen LogP contribution is -2.56. The topological polar surface area (TPSA) is 81.2 Å². The van der Waals surface area contributed by atoms with Gasteiger partial charge in [0.15, 0.2) is 9.84 Å². The van der Waals surface area contributed by atoms with E-state index in [2.05, 4.69) is 9.80 Å². The average molecular weight is 396 g/mol. The second kappa shape index (κ2) is 8.06. The van der Waals surface area contributed by atoms with Crippen molar-refractivity contribution in [1.29, 1.82) is 0 Å². The molecule has 2 aliphatic rings. The van der Waals surface area contributed by atoms with Crippen molar-refractivity contribution >= 4 is 21.4 Å². The molecule has 8 heteroatoms. The first-order valence-corrected chi connectivity index (χ1v) is 11.4. The van der Waals surface area contributed by atoms with Crippen LogP contribution in [0.25, 0.3) is 0 Å². The van der Waals surface area contributed by atoms with Crippen molar-refractivity contribution in [1.82, 2.24) is 9.80 Å². The number of amides is 1. The molecule has 0 radical (unpaired) electrons. The maximum absolute atomic E-state index is 13.0. The van der Waals surface area contributed by atoms with Gasteiger partial charge in [-0.25, -0.2) is 8.42 Å². The van der Waals surface area contributed by atoms with Crippen LogP contribution in [0.1, 0.15) is 20.3 Å². The van der Waals surface area contributed by atoms with Gasteiger partial charge in [-0.15, -0.1) is 0 Å². The summed E-state index contributed by atoms with van der Waals surface area (Å²) in [6, 6.07) is 6.73. The van der Waals surface area contributed by atoms with Gasteiger partial charge in [-0.05, 0) is 44.5 Å². The van der Waals surface area contributed by atoms with Crippen molar-refractivity contribution in [3.63, 3.8) is 0 Å². The lowest BCUT2D eigenvalue weighted by molar-refractivity contribution is -0.138. The van der Waals surface area contributed by atoms with Gasteiger partial charge in [0.2, 0.25) is 5.91 Å². The predicted octanol–water partition coefficient (Wildman–Crippen LogP) is 0.938. The standard InChI is InChI=1S/C19H29N3O4S/c1-3-22(17-8-13-27(25,26)14-17)19(24)15(2)20-9-11-21(12-10-20)16-4-6-18(23)7-5-16/h4-7,15,17,23H,3,8-14H2,1-2H3/t15-,17-/m0/s1. The van der Waals surface area contributed by atoms with E-state index in [4.69, 9.17) is 0 Å². The highest BCUT2D eigenvalue weighted by molar-refractivity contribution is 7.91. The molecule has 2 heterocycles. The highest BCUT2D eigenvalue weighted by atomic mass is 32.2. The van der Waals surface area contributed by atoms with Crippen molar-refractivity contribution < 1.29 is 18.3 Å². The van der Waals surface area contributed by atoms with Gasteiger partial charge >= 0.3 is 0 Å². The minimum atomic E-state index is -3.01. The molecule has 3 rings (SSSR count). The number of sulfone groups is 1. The first-order chi connectivity index (χ1) is 12.8. The van der Waals surface area contributed by atoms with E-state index in [1.165, 1.54) is 0 Å². The van der Waals surface area contributed by atoms with Gasteiger partial charge < -0.3 is 14.9 Å². The number of nitrogens with zero attached hydrogens (tertiary/aromatic N) is 3. The van der Waals surface area contributed by atoms with Crippen molar-refractivity contribution in [2.45, 2.75) is 32.4 Å². The molecule has 0 saturated carbocycles. The molecular formula is C19H29N3O4S. The minimum Gasteiger partial charge on any atom is -0.508 e. The molecule has 27 heavy (non-hydrogen) atoms. The Kier molecular flexibility index (Phi) is 5.95. The molecule has 2 saturated heterocycles. The molecule has 150 valence electrons. The smallest absolute Gasteiger partial charge is 0.239 e. The quantitative estimate of drug-likeness (QED) is 0.799. The number of anilines is 1. The summed E-state index contributed by atoms with van der Waals surface area (Å²) in [5.41, 5.74) is 1.07. The Balaban J connectivity index is 1.58. The molecule has 1 N–H and O–H groups in total. The maximum Gasteiger partial charge on any atom is 0.239 e. The van der Waals surface area contributed by atoms with Crippen LogP contribution in [-0.2, 0) is 14.6 Å². The fourth-order valence-corrected chi connectivity index (χ4v) is 5.77. The Hall–Kier alpha value is -1.80. The highest BCUT2D eigenvalue weighted by Gasteiger charge is 2.37. The third-order valence-corrected chi connectivity index (χ3v) is 7.46. The molecule has 1 aromatic carbocycles. The lowest BCUT2D eigenvalue weighted by Gasteiger charge is -2.40. The molecule has 7 nitrogen and oxygen atoms in total. The Morgan fingerprint density at radius 2 is 1.85 bits per heavy atom. The van der Waals surface area contributed by atoms with Crippen LogP contribution in [0.4, 0.5) is 5.69 Å². The summed E-state index contributed by atoms with van der Waals surface area (Å²) in [6.07, 6.45) is 0.545. The van der Waals surface area contributed by atoms with Crippen molar-refractivity contribution in [2.24, 2.45) is 0 Å². The number of hydrogen-bond acceptors (Lipinski definition) is 6. The number of carbonyl (C=O) groups excluding carboxylic acids is 1. The molecule has 0 bridgehead atoms. The summed E-state index contributed by atoms with van der Waals surface area (Å²) in [7, 11) is -3.01. The van der Waals surface area contributed by atoms with E-state index < -0.39 is 9.84 Å². The van der Waals surface area contributed by atoms with Gasteiger partial charge in [-0.3, -0.25) is 9.69 Å². The third kappa shape index (κ3) is 4.55. The van der Waals surface area contributed by atoms with Crippen LogP contribution in [0.5, 0.6) is 5.75 Å². The Morgan fingerprint density at radius 1 is 1.22 bits per heavy atom. The van der Waals surface area contributed by atoms with Crippen LogP contribution < -0.4 is 4.90 Å². The largest absolute Gasteiger partial charge is 0.508 e. The SMILES string of the molecule is CCN(C(=O)[C@H](C)N1CCN(c2ccc(O)cc2)CC1)[C@H]1CCS(=O)(=O)C1. The zero-order valence-electron chi connectivity index (χ0n) is 16.0. The van der Waals surface area contributed by atoms with E-state index >= 15 is 0 Å². The van der Waals surface area contributed by atoms with Gasteiger partial charge in [-0.1, -0.05) is 0 Å². The number of carbonyl (C=O) groups is 1. The minimum absolute atomic E-state index is 0.0256. The Labute approximate surface area is 161 Å². The zero-order valence-corrected chi connectivity index (χ0v) is 16.9. The summed E-state index contributed by atoms with van der Waals surface area (Å²) < 4.78 is 23.6. The molecule has 0 unspecified atom stereocenters. The van der Waals surface area contributed by atoms with Crippen LogP contribution in [0.3, 0.4) is 0 Å². The molecule has 2 fully saturated rings. The van der Waals surface area contributed by atoms with Crippen molar-refractivity contribution in [3.8, 4) is 5.75 Å². The molecular weight excluding hydrogens is 366 g/mol. The summed E-state index contributed by atoms with van der Waals surface area (Å²) >= 11 is 0. The van der Waals surface area contributed by atoms with Gasteiger partial charge in [-0.2, -0.15) is 0 Å². The normalized spacial score (nSPS) is 23.9. The first kappa shape index (κ1) is 19.9. The monoisotopic (exact) mass is 395 g/mol. The number of likely N-dealkylation sites (N-methyl/N-ethyl adjacent to an activating group) is 1. The third-order valence-electron chi connectivity index (χ3n) is 5.71. The number of phenolic OH excluding ortho intramolecular Hbond substituents is 1. The van der Waals surface area contributed by atoms with E-state index in [-0.39, 0.29) is 35.2 Å². The number of benzene rings is 1. The number of rotatable bonds is 5. The number of piperazine rings is 1. The van der Waals surface area contributed by atoms with Crippen LogP contribution in [0, 0.1) is 0 Å². The van der Waals surface area contributed by atoms with E-state index in [1.54, 1.807) is 17.0 Å². The summed E-state index contributed by atoms with van der Waals surface area (Å²) in [5.74, 6) is 0.553. The van der Waals surface area contributed by atoms with Crippen molar-refractivity contribution in [2.75, 3.05) is 49.1 Å². The number of aromatic hydroxyl groups is 1. The average Bonchev–Trinajstić information content (AvgIpc) is 3.02. The second-order valence-electron chi connectivity index (χ2n) is 7.40. The van der Waals surface area contributed by atoms with E-state index in [0.717, 1.165) is 31.9 Å². The van der Waals surface area contributed by atoms with Gasteiger partial charge in [0.1, 0.15) is 5.75 Å². The van der Waals surface area contributed by atoms with Crippen LogP contribution in [0.15, 0.2) is 24.3 Å². The Bertz CT molecular complexity index is 758. The molecule has 1 amide bonds. The van der Waals surface area contributed by atoms with Crippen molar-refractivity contribution in [3.05, 3.63) is 24.3 Å². The fourth-order valence-electron chi connectivity index (χ4n) is 4.04. The van der Waals surface area contributed by atoms with Gasteiger partial charge in [0.05, 0.1) is 17.5 Å². The molecule has 2 atom stereocenters. The fraction of sp³-hybridized carbons (Fsp3) is 0.632. The summed E-state index contributed by atoms with van der Waals surface area (Å²) in [6.45, 7) is 7.54. The lowest BCUT2D eigenvalue weighted by atomic mass is 10.1. The van der Waals surface area contributed by atoms with E-state index in [0.29, 0.717) is 13.0 Å². The molecule has 0 aliphatic carbocycles. The zero-order chi connectivity index (χ0) is 19.6.